The molecule has 0 saturated heterocycles. The number of rotatable bonds is 6. The molecule has 2 atom stereocenters. The van der Waals surface area contributed by atoms with Gasteiger partial charge in [-0.25, -0.2) is 4.79 Å². The van der Waals surface area contributed by atoms with Crippen molar-refractivity contribution in [1.29, 1.82) is 0 Å². The van der Waals surface area contributed by atoms with Gasteiger partial charge in [-0.1, -0.05) is 20.8 Å². The first kappa shape index (κ1) is 18.7. The Morgan fingerprint density at radius 3 is 2.60 bits per heavy atom. The van der Waals surface area contributed by atoms with Crippen molar-refractivity contribution < 1.29 is 24.0 Å². The lowest BCUT2D eigenvalue weighted by Crippen LogP contribution is -2.55. The lowest BCUT2D eigenvalue weighted by atomic mass is 10.0. The summed E-state index contributed by atoms with van der Waals surface area (Å²) in [5, 5.41) is 11.0. The van der Waals surface area contributed by atoms with E-state index in [-0.39, 0.29) is 29.9 Å². The smallest absolute Gasteiger partial charge is 0.329 e. The van der Waals surface area contributed by atoms with Crippen molar-refractivity contribution in [2.45, 2.75) is 46.3 Å². The van der Waals surface area contributed by atoms with Crippen LogP contribution >= 0.6 is 0 Å². The van der Waals surface area contributed by atoms with Crippen molar-refractivity contribution in [3.8, 4) is 5.75 Å². The molecule has 0 N–H and O–H groups in total. The van der Waals surface area contributed by atoms with Gasteiger partial charge in [0.25, 0.3) is 11.6 Å². The normalized spacial score (nSPS) is 17.7. The van der Waals surface area contributed by atoms with Gasteiger partial charge in [0.15, 0.2) is 11.9 Å². The second-order valence-electron chi connectivity index (χ2n) is 6.08. The van der Waals surface area contributed by atoms with Gasteiger partial charge in [-0.2, -0.15) is 0 Å². The van der Waals surface area contributed by atoms with E-state index in [9.17, 15) is 19.7 Å². The van der Waals surface area contributed by atoms with E-state index in [0.29, 0.717) is 12.1 Å². The molecule has 0 aromatic heterocycles. The number of nitrogens with zero attached hydrogens (tertiary/aromatic N) is 2. The predicted molar refractivity (Wildman–Crippen MR) is 90.5 cm³/mol. The number of nitro groups is 1. The molecule has 0 spiro atoms. The van der Waals surface area contributed by atoms with E-state index in [2.05, 4.69) is 0 Å². The molecule has 8 nitrogen and oxygen atoms in total. The lowest BCUT2D eigenvalue weighted by Gasteiger charge is -2.38. The van der Waals surface area contributed by atoms with Crippen LogP contribution in [0.1, 0.15) is 34.1 Å². The van der Waals surface area contributed by atoms with E-state index in [1.54, 1.807) is 13.8 Å². The fourth-order valence-electron chi connectivity index (χ4n) is 2.79. The minimum Gasteiger partial charge on any atom is -0.478 e. The van der Waals surface area contributed by atoms with Gasteiger partial charge >= 0.3 is 5.97 Å². The van der Waals surface area contributed by atoms with Gasteiger partial charge < -0.3 is 9.47 Å². The van der Waals surface area contributed by atoms with Crippen LogP contribution < -0.4 is 9.64 Å². The number of benzene rings is 1. The van der Waals surface area contributed by atoms with Crippen LogP contribution in [-0.2, 0) is 14.3 Å². The number of anilines is 1. The Hall–Kier alpha value is -2.64. The maximum absolute atomic E-state index is 12.9. The Balaban J connectivity index is 2.55. The third kappa shape index (κ3) is 3.57. The van der Waals surface area contributed by atoms with Crippen molar-refractivity contribution in [3.05, 3.63) is 28.3 Å². The van der Waals surface area contributed by atoms with Crippen molar-refractivity contribution in [2.24, 2.45) is 5.92 Å². The Labute approximate surface area is 145 Å². The van der Waals surface area contributed by atoms with Crippen LogP contribution in [-0.4, -0.2) is 35.6 Å². The van der Waals surface area contributed by atoms with Crippen molar-refractivity contribution in [1.82, 2.24) is 0 Å². The second-order valence-corrected chi connectivity index (χ2v) is 6.08. The summed E-state index contributed by atoms with van der Waals surface area (Å²) in [6.45, 7) is 7.30. The number of amides is 1. The highest BCUT2D eigenvalue weighted by Gasteiger charge is 2.42. The van der Waals surface area contributed by atoms with E-state index >= 15 is 0 Å². The van der Waals surface area contributed by atoms with Gasteiger partial charge in [0.2, 0.25) is 0 Å². The van der Waals surface area contributed by atoms with Gasteiger partial charge in [0.05, 0.1) is 23.3 Å². The van der Waals surface area contributed by atoms with Crippen LogP contribution in [0.25, 0.3) is 0 Å². The summed E-state index contributed by atoms with van der Waals surface area (Å²) in [4.78, 5) is 37.1. The number of non-ortho nitro benzene ring substituents is 1. The zero-order chi connectivity index (χ0) is 18.7. The molecule has 1 aromatic carbocycles. The number of ether oxygens (including phenoxy) is 2. The molecule has 2 unspecified atom stereocenters. The average Bonchev–Trinajstić information content (AvgIpc) is 2.56. The van der Waals surface area contributed by atoms with Crippen molar-refractivity contribution >= 4 is 23.3 Å². The van der Waals surface area contributed by atoms with Gasteiger partial charge in [-0.3, -0.25) is 19.8 Å². The zero-order valence-electron chi connectivity index (χ0n) is 14.7. The third-order valence-corrected chi connectivity index (χ3v) is 4.01. The average molecular weight is 350 g/mol. The Bertz CT molecular complexity index is 688. The molecular weight excluding hydrogens is 328 g/mol. The number of hydrogen-bond donors (Lipinski definition) is 0. The maximum Gasteiger partial charge on any atom is 0.329 e. The van der Waals surface area contributed by atoms with E-state index in [1.807, 2.05) is 13.8 Å². The van der Waals surface area contributed by atoms with Crippen LogP contribution in [0.3, 0.4) is 0 Å². The highest BCUT2D eigenvalue weighted by Crippen LogP contribution is 2.39. The molecular formula is C17H22N2O6. The highest BCUT2D eigenvalue weighted by atomic mass is 16.6. The summed E-state index contributed by atoms with van der Waals surface area (Å²) in [7, 11) is 0. The van der Waals surface area contributed by atoms with Gasteiger partial charge in [-0.15, -0.1) is 0 Å². The lowest BCUT2D eigenvalue weighted by molar-refractivity contribution is -0.384. The minimum atomic E-state index is -0.821. The molecule has 0 saturated carbocycles. The first-order chi connectivity index (χ1) is 11.8. The number of nitro benzene ring substituents is 1. The van der Waals surface area contributed by atoms with Crippen molar-refractivity contribution in [2.75, 3.05) is 11.5 Å². The molecule has 0 bridgehead atoms. The first-order valence-electron chi connectivity index (χ1n) is 8.26. The second kappa shape index (κ2) is 7.50. The van der Waals surface area contributed by atoms with E-state index in [0.717, 1.165) is 0 Å². The molecule has 0 fully saturated rings. The van der Waals surface area contributed by atoms with Crippen LogP contribution in [0, 0.1) is 16.0 Å². The zero-order valence-corrected chi connectivity index (χ0v) is 14.7. The Kier molecular flexibility index (Phi) is 5.61. The van der Waals surface area contributed by atoms with Crippen molar-refractivity contribution in [3.63, 3.8) is 0 Å². The summed E-state index contributed by atoms with van der Waals surface area (Å²) in [6, 6.07) is 3.19. The molecule has 1 aliphatic rings. The summed E-state index contributed by atoms with van der Waals surface area (Å²) < 4.78 is 10.8. The Morgan fingerprint density at radius 1 is 1.40 bits per heavy atom. The number of carbonyl (C=O) groups excluding carboxylic acids is 2. The minimum absolute atomic E-state index is 0.139. The molecule has 8 heteroatoms. The molecule has 1 heterocycles. The molecule has 2 rings (SSSR count). The van der Waals surface area contributed by atoms with Crippen LogP contribution in [0.15, 0.2) is 18.2 Å². The monoisotopic (exact) mass is 350 g/mol. The summed E-state index contributed by atoms with van der Waals surface area (Å²) in [6.07, 6.45) is -0.468. The molecule has 1 aliphatic heterocycles. The molecule has 0 aliphatic carbocycles. The standard InChI is InChI=1S/C17H22N2O6/c1-5-12(17(21)24-6-2)18-13-8-7-11(19(22)23)9-14(13)25-15(10(3)4)16(18)20/h7-10,12,15H,5-6H2,1-4H3. The molecule has 1 aromatic rings. The first-order valence-corrected chi connectivity index (χ1v) is 8.26. The maximum atomic E-state index is 12.9. The molecule has 1 amide bonds. The largest absolute Gasteiger partial charge is 0.478 e. The fraction of sp³-hybridized carbons (Fsp3) is 0.529. The van der Waals surface area contributed by atoms with Crippen LogP contribution in [0.2, 0.25) is 0 Å². The van der Waals surface area contributed by atoms with Gasteiger partial charge in [-0.05, 0) is 25.3 Å². The number of esters is 1. The summed E-state index contributed by atoms with van der Waals surface area (Å²) in [5.74, 6) is -0.805. The molecule has 25 heavy (non-hydrogen) atoms. The van der Waals surface area contributed by atoms with Crippen LogP contribution in [0.4, 0.5) is 11.4 Å². The third-order valence-electron chi connectivity index (χ3n) is 4.01. The summed E-state index contributed by atoms with van der Waals surface area (Å²) >= 11 is 0. The molecule has 136 valence electrons. The number of fused-ring (bicyclic) bond motifs is 1. The predicted octanol–water partition coefficient (Wildman–Crippen LogP) is 2.69. The van der Waals surface area contributed by atoms with E-state index in [4.69, 9.17) is 9.47 Å². The fourth-order valence-corrected chi connectivity index (χ4v) is 2.79. The Morgan fingerprint density at radius 2 is 2.08 bits per heavy atom. The van der Waals surface area contributed by atoms with E-state index in [1.165, 1.54) is 23.1 Å². The van der Waals surface area contributed by atoms with Crippen LogP contribution in [0.5, 0.6) is 5.75 Å². The van der Waals surface area contributed by atoms with Gasteiger partial charge in [0.1, 0.15) is 6.04 Å². The quantitative estimate of drug-likeness (QED) is 0.444. The SMILES string of the molecule is CCOC(=O)C(CC)N1C(=O)C(C(C)C)Oc2cc([N+](=O)[O-])ccc21. The van der Waals surface area contributed by atoms with E-state index < -0.39 is 23.0 Å². The number of carbonyl (C=O) groups is 2. The topological polar surface area (TPSA) is 99.0 Å². The highest BCUT2D eigenvalue weighted by molar-refractivity contribution is 6.04. The number of hydrogen-bond acceptors (Lipinski definition) is 6. The summed E-state index contributed by atoms with van der Waals surface area (Å²) in [5.41, 5.74) is 0.201. The molecule has 0 radical (unpaired) electrons. The van der Waals surface area contributed by atoms with Gasteiger partial charge in [0, 0.05) is 6.07 Å².